The standard InChI is InChI=1S/C44H48N2O2/c1-26(2)29-17-30(27(3)4)19-31(18-29)28-15-16-45-38(23-28)33-20-32(21-34(22-33)43(5,6)7)37-24-35(44(8,9)10)25-40-41(37)46-42(48-40)36-13-11-12-14-39(36)47/h11-27,47H,1-10H3. The predicted octanol–water partition coefficient (Wildman–Crippen LogP) is 12.4. The molecule has 246 valence electrons. The Morgan fingerprint density at radius 3 is 1.85 bits per heavy atom. The Bertz CT molecular complexity index is 2090. The van der Waals surface area contributed by atoms with Crippen LogP contribution in [0.1, 0.15) is 103 Å². The highest BCUT2D eigenvalue weighted by molar-refractivity contribution is 5.94. The fourth-order valence-corrected chi connectivity index (χ4v) is 6.09. The van der Waals surface area contributed by atoms with Crippen molar-refractivity contribution in [2.24, 2.45) is 0 Å². The summed E-state index contributed by atoms with van der Waals surface area (Å²) in [5.74, 6) is 1.43. The summed E-state index contributed by atoms with van der Waals surface area (Å²) in [5, 5.41) is 10.6. The van der Waals surface area contributed by atoms with E-state index >= 15 is 0 Å². The summed E-state index contributed by atoms with van der Waals surface area (Å²) in [5.41, 5.74) is 13.3. The number of phenolic OH excluding ortho intramolecular Hbond substituents is 1. The number of pyridine rings is 1. The highest BCUT2D eigenvalue weighted by Gasteiger charge is 2.24. The fourth-order valence-electron chi connectivity index (χ4n) is 6.09. The zero-order valence-electron chi connectivity index (χ0n) is 30.1. The molecule has 0 saturated carbocycles. The molecule has 48 heavy (non-hydrogen) atoms. The Morgan fingerprint density at radius 2 is 1.23 bits per heavy atom. The molecule has 0 radical (unpaired) electrons. The monoisotopic (exact) mass is 636 g/mol. The minimum atomic E-state index is -0.121. The van der Waals surface area contributed by atoms with Gasteiger partial charge in [-0.05, 0) is 110 Å². The first-order valence-electron chi connectivity index (χ1n) is 17.1. The van der Waals surface area contributed by atoms with Crippen molar-refractivity contribution < 1.29 is 9.52 Å². The van der Waals surface area contributed by atoms with Gasteiger partial charge in [-0.2, -0.15) is 0 Å². The summed E-state index contributed by atoms with van der Waals surface area (Å²) in [6.45, 7) is 22.4. The topological polar surface area (TPSA) is 59.2 Å². The molecular weight excluding hydrogens is 588 g/mol. The molecule has 4 heteroatoms. The van der Waals surface area contributed by atoms with E-state index < -0.39 is 0 Å². The van der Waals surface area contributed by atoms with Gasteiger partial charge in [0.05, 0.1) is 11.3 Å². The number of hydrogen-bond acceptors (Lipinski definition) is 4. The summed E-state index contributed by atoms with van der Waals surface area (Å²) in [7, 11) is 0. The average Bonchev–Trinajstić information content (AvgIpc) is 3.47. The Kier molecular flexibility index (Phi) is 8.57. The molecule has 0 fully saturated rings. The van der Waals surface area contributed by atoms with E-state index in [1.54, 1.807) is 12.1 Å². The van der Waals surface area contributed by atoms with E-state index in [1.807, 2.05) is 18.3 Å². The lowest BCUT2D eigenvalue weighted by Gasteiger charge is -2.23. The molecule has 4 nitrogen and oxygen atoms in total. The number of hydrogen-bond donors (Lipinski definition) is 1. The Morgan fingerprint density at radius 1 is 0.604 bits per heavy atom. The number of rotatable bonds is 6. The maximum Gasteiger partial charge on any atom is 0.231 e. The highest BCUT2D eigenvalue weighted by Crippen LogP contribution is 2.41. The van der Waals surface area contributed by atoms with Crippen molar-refractivity contribution in [3.8, 4) is 50.7 Å². The molecule has 0 aliphatic rings. The Labute approximate surface area is 285 Å². The van der Waals surface area contributed by atoms with Crippen LogP contribution < -0.4 is 0 Å². The van der Waals surface area contributed by atoms with Crippen molar-refractivity contribution in [2.75, 3.05) is 0 Å². The smallest absolute Gasteiger partial charge is 0.231 e. The first kappa shape index (κ1) is 33.2. The third-order valence-corrected chi connectivity index (χ3v) is 9.31. The quantitative estimate of drug-likeness (QED) is 0.198. The Balaban J connectivity index is 1.56. The van der Waals surface area contributed by atoms with Crippen LogP contribution in [0.3, 0.4) is 0 Å². The van der Waals surface area contributed by atoms with Gasteiger partial charge >= 0.3 is 0 Å². The maximum atomic E-state index is 10.6. The van der Waals surface area contributed by atoms with Crippen LogP contribution in [0.15, 0.2) is 95.5 Å². The van der Waals surface area contributed by atoms with Crippen LogP contribution >= 0.6 is 0 Å². The third kappa shape index (κ3) is 6.67. The molecule has 0 aliphatic heterocycles. The molecule has 4 aromatic carbocycles. The zero-order valence-corrected chi connectivity index (χ0v) is 30.1. The molecule has 0 spiro atoms. The van der Waals surface area contributed by atoms with E-state index in [0.29, 0.717) is 28.9 Å². The number of aromatic hydroxyl groups is 1. The van der Waals surface area contributed by atoms with Crippen LogP contribution in [0.4, 0.5) is 0 Å². The second kappa shape index (κ2) is 12.4. The van der Waals surface area contributed by atoms with Gasteiger partial charge in [-0.15, -0.1) is 0 Å². The molecule has 6 rings (SSSR count). The van der Waals surface area contributed by atoms with Gasteiger partial charge in [0.25, 0.3) is 0 Å². The van der Waals surface area contributed by atoms with Crippen LogP contribution in [-0.2, 0) is 10.8 Å². The molecular formula is C44H48N2O2. The van der Waals surface area contributed by atoms with Gasteiger partial charge in [-0.25, -0.2) is 4.98 Å². The first-order valence-corrected chi connectivity index (χ1v) is 17.1. The summed E-state index contributed by atoms with van der Waals surface area (Å²) in [6.07, 6.45) is 1.93. The fraction of sp³-hybridized carbons (Fsp3) is 0.318. The minimum absolute atomic E-state index is 0.105. The number of aromatic nitrogens is 2. The van der Waals surface area contributed by atoms with Gasteiger partial charge in [0.2, 0.25) is 5.89 Å². The van der Waals surface area contributed by atoms with Gasteiger partial charge in [-0.1, -0.05) is 106 Å². The van der Waals surface area contributed by atoms with Crippen molar-refractivity contribution in [1.82, 2.24) is 9.97 Å². The molecule has 0 amide bonds. The van der Waals surface area contributed by atoms with Crippen molar-refractivity contribution in [1.29, 1.82) is 0 Å². The van der Waals surface area contributed by atoms with Crippen LogP contribution in [0.2, 0.25) is 0 Å². The van der Waals surface area contributed by atoms with E-state index in [1.165, 1.54) is 22.3 Å². The molecule has 0 saturated heterocycles. The van der Waals surface area contributed by atoms with Crippen molar-refractivity contribution in [2.45, 2.75) is 91.9 Å². The molecule has 6 aromatic rings. The minimum Gasteiger partial charge on any atom is -0.507 e. The largest absolute Gasteiger partial charge is 0.507 e. The molecule has 0 aliphatic carbocycles. The van der Waals surface area contributed by atoms with Crippen LogP contribution in [-0.4, -0.2) is 15.1 Å². The lowest BCUT2D eigenvalue weighted by molar-refractivity contribution is 0.474. The number of oxazole rings is 1. The van der Waals surface area contributed by atoms with Crippen molar-refractivity contribution in [3.63, 3.8) is 0 Å². The zero-order chi connectivity index (χ0) is 34.5. The van der Waals surface area contributed by atoms with Crippen molar-refractivity contribution >= 4 is 11.1 Å². The number of phenols is 1. The summed E-state index contributed by atoms with van der Waals surface area (Å²) < 4.78 is 6.38. The average molecular weight is 637 g/mol. The van der Waals surface area contributed by atoms with E-state index in [-0.39, 0.29) is 16.6 Å². The van der Waals surface area contributed by atoms with Crippen LogP contribution in [0.5, 0.6) is 5.75 Å². The van der Waals surface area contributed by atoms with Crippen LogP contribution in [0.25, 0.3) is 56.1 Å². The number of fused-ring (bicyclic) bond motifs is 1. The summed E-state index contributed by atoms with van der Waals surface area (Å²) >= 11 is 0. The number of nitrogens with zero attached hydrogens (tertiary/aromatic N) is 2. The SMILES string of the molecule is CC(C)c1cc(-c2ccnc(-c3cc(-c4cc(C(C)(C)C)cc5oc(-c6ccccc6O)nc45)cc(C(C)(C)C)c3)c2)cc(C(C)C)c1. The maximum absolute atomic E-state index is 10.6. The third-order valence-electron chi connectivity index (χ3n) is 9.31. The molecule has 2 heterocycles. The second-order valence-electron chi connectivity index (χ2n) is 15.8. The van der Waals surface area contributed by atoms with E-state index in [9.17, 15) is 5.11 Å². The molecule has 2 aromatic heterocycles. The summed E-state index contributed by atoms with van der Waals surface area (Å²) in [4.78, 5) is 9.91. The molecule has 1 N–H and O–H groups in total. The van der Waals surface area contributed by atoms with E-state index in [2.05, 4.69) is 130 Å². The van der Waals surface area contributed by atoms with Gasteiger partial charge in [-0.3, -0.25) is 4.98 Å². The van der Waals surface area contributed by atoms with Gasteiger partial charge in [0.1, 0.15) is 11.3 Å². The molecule has 0 bridgehead atoms. The van der Waals surface area contributed by atoms with Crippen molar-refractivity contribution in [3.05, 3.63) is 113 Å². The highest BCUT2D eigenvalue weighted by atomic mass is 16.3. The van der Waals surface area contributed by atoms with E-state index in [4.69, 9.17) is 14.4 Å². The second-order valence-corrected chi connectivity index (χ2v) is 15.8. The molecule has 0 atom stereocenters. The predicted molar refractivity (Wildman–Crippen MR) is 201 cm³/mol. The Hall–Kier alpha value is -4.70. The lowest BCUT2D eigenvalue weighted by atomic mass is 9.82. The lowest BCUT2D eigenvalue weighted by Crippen LogP contribution is -2.12. The van der Waals surface area contributed by atoms with Crippen LogP contribution in [0, 0.1) is 0 Å². The summed E-state index contributed by atoms with van der Waals surface area (Å²) in [6, 6.07) is 29.7. The van der Waals surface area contributed by atoms with E-state index in [0.717, 1.165) is 39.0 Å². The van der Waals surface area contributed by atoms with Gasteiger partial charge < -0.3 is 9.52 Å². The van der Waals surface area contributed by atoms with Gasteiger partial charge in [0.15, 0.2) is 5.58 Å². The number of para-hydroxylation sites is 1. The molecule has 0 unspecified atom stereocenters. The van der Waals surface area contributed by atoms with Gasteiger partial charge in [0, 0.05) is 17.3 Å². The number of benzene rings is 4. The first-order chi connectivity index (χ1) is 22.6. The normalized spacial score (nSPS) is 12.4.